The van der Waals surface area contributed by atoms with Crippen LogP contribution in [0.5, 0.6) is 0 Å². The lowest BCUT2D eigenvalue weighted by Gasteiger charge is -2.16. The minimum atomic E-state index is -0.790. The van der Waals surface area contributed by atoms with Crippen LogP contribution in [0, 0.1) is 15.9 Å². The molecule has 17 heavy (non-hydrogen) atoms. The lowest BCUT2D eigenvalue weighted by Crippen LogP contribution is -2.34. The van der Waals surface area contributed by atoms with Gasteiger partial charge in [0.15, 0.2) is 5.82 Å². The molecule has 1 heterocycles. The number of anilines is 1. The molecule has 6 nitrogen and oxygen atoms in total. The topological polar surface area (TPSA) is 89.5 Å². The van der Waals surface area contributed by atoms with Crippen LogP contribution in [-0.4, -0.2) is 23.4 Å². The maximum atomic E-state index is 13.6. The number of amides is 1. The second-order valence-corrected chi connectivity index (χ2v) is 3.78. The van der Waals surface area contributed by atoms with Crippen LogP contribution in [0.1, 0.15) is 6.42 Å². The molecule has 1 fully saturated rings. The van der Waals surface area contributed by atoms with E-state index in [9.17, 15) is 19.3 Å². The summed E-state index contributed by atoms with van der Waals surface area (Å²) in [7, 11) is 0. The number of hydrogen-bond acceptors (Lipinski definition) is 4. The van der Waals surface area contributed by atoms with Gasteiger partial charge in [-0.05, 0) is 12.5 Å². The Bertz CT molecular complexity index is 492. The van der Waals surface area contributed by atoms with Crippen LogP contribution in [0.4, 0.5) is 15.8 Å². The van der Waals surface area contributed by atoms with Crippen molar-refractivity contribution in [1.82, 2.24) is 0 Å². The van der Waals surface area contributed by atoms with Crippen molar-refractivity contribution in [3.63, 3.8) is 0 Å². The van der Waals surface area contributed by atoms with Gasteiger partial charge in [-0.15, -0.1) is 0 Å². The third-order valence-corrected chi connectivity index (χ3v) is 2.68. The van der Waals surface area contributed by atoms with Crippen LogP contribution in [0.3, 0.4) is 0 Å². The van der Waals surface area contributed by atoms with Gasteiger partial charge in [-0.3, -0.25) is 14.9 Å². The summed E-state index contributed by atoms with van der Waals surface area (Å²) in [5.74, 6) is -1.15. The van der Waals surface area contributed by atoms with Gasteiger partial charge < -0.3 is 10.6 Å². The Morgan fingerprint density at radius 3 is 2.71 bits per heavy atom. The lowest BCUT2D eigenvalue weighted by atomic mass is 10.2. The highest BCUT2D eigenvalue weighted by atomic mass is 19.1. The largest absolute Gasteiger partial charge is 0.320 e. The van der Waals surface area contributed by atoms with Gasteiger partial charge in [-0.25, -0.2) is 4.39 Å². The van der Waals surface area contributed by atoms with Gasteiger partial charge in [-0.1, -0.05) is 0 Å². The molecular weight excluding hydrogens is 229 g/mol. The van der Waals surface area contributed by atoms with Crippen LogP contribution in [-0.2, 0) is 4.79 Å². The summed E-state index contributed by atoms with van der Waals surface area (Å²) < 4.78 is 13.6. The highest BCUT2D eigenvalue weighted by molar-refractivity contribution is 5.99. The van der Waals surface area contributed by atoms with E-state index in [0.717, 1.165) is 12.1 Å². The molecule has 0 radical (unpaired) electrons. The molecule has 1 amide bonds. The summed E-state index contributed by atoms with van der Waals surface area (Å²) >= 11 is 0. The molecule has 1 aromatic carbocycles. The molecule has 2 N–H and O–H groups in total. The van der Waals surface area contributed by atoms with E-state index in [4.69, 9.17) is 5.73 Å². The monoisotopic (exact) mass is 239 g/mol. The van der Waals surface area contributed by atoms with E-state index in [0.29, 0.717) is 13.0 Å². The summed E-state index contributed by atoms with van der Waals surface area (Å²) in [6, 6.07) is 2.57. The van der Waals surface area contributed by atoms with Gasteiger partial charge in [0.05, 0.1) is 22.7 Å². The predicted molar refractivity (Wildman–Crippen MR) is 58.0 cm³/mol. The number of hydrogen-bond donors (Lipinski definition) is 1. The minimum Gasteiger partial charge on any atom is -0.320 e. The Hall–Kier alpha value is -2.02. The number of non-ortho nitro benzene ring substituents is 1. The number of nitro benzene ring substituents is 1. The molecule has 7 heteroatoms. The first kappa shape index (κ1) is 11.5. The Morgan fingerprint density at radius 1 is 1.53 bits per heavy atom. The van der Waals surface area contributed by atoms with Crippen molar-refractivity contribution in [1.29, 1.82) is 0 Å². The number of halogens is 1. The fourth-order valence-corrected chi connectivity index (χ4v) is 1.77. The molecule has 1 atom stereocenters. The average Bonchev–Trinajstić information content (AvgIpc) is 2.60. The van der Waals surface area contributed by atoms with Crippen LogP contribution in [0.25, 0.3) is 0 Å². The summed E-state index contributed by atoms with van der Waals surface area (Å²) in [5, 5.41) is 10.4. The van der Waals surface area contributed by atoms with Gasteiger partial charge in [0.1, 0.15) is 0 Å². The molecule has 90 valence electrons. The van der Waals surface area contributed by atoms with Crippen LogP contribution < -0.4 is 10.6 Å². The highest BCUT2D eigenvalue weighted by Gasteiger charge is 2.31. The minimum absolute atomic E-state index is 0.0357. The van der Waals surface area contributed by atoms with E-state index in [1.165, 1.54) is 11.0 Å². The molecule has 0 unspecified atom stereocenters. The number of nitrogens with zero attached hydrogens (tertiary/aromatic N) is 2. The zero-order chi connectivity index (χ0) is 12.6. The maximum Gasteiger partial charge on any atom is 0.272 e. The number of nitro groups is 1. The molecule has 1 aromatic rings. The van der Waals surface area contributed by atoms with Gasteiger partial charge in [0.2, 0.25) is 5.91 Å². The van der Waals surface area contributed by atoms with Crippen molar-refractivity contribution in [3.05, 3.63) is 34.1 Å². The van der Waals surface area contributed by atoms with Gasteiger partial charge in [0, 0.05) is 12.6 Å². The molecule has 0 aliphatic carbocycles. The zero-order valence-electron chi connectivity index (χ0n) is 8.80. The average molecular weight is 239 g/mol. The Morgan fingerprint density at radius 2 is 2.24 bits per heavy atom. The Balaban J connectivity index is 2.34. The summed E-state index contributed by atoms with van der Waals surface area (Å²) in [4.78, 5) is 22.5. The first-order chi connectivity index (χ1) is 8.00. The molecule has 1 saturated heterocycles. The summed E-state index contributed by atoms with van der Waals surface area (Å²) in [6.07, 6.45) is 0.454. The molecule has 0 aromatic heterocycles. The number of carbonyl (C=O) groups excluding carboxylic acids is 1. The molecule has 2 rings (SSSR count). The Kier molecular flexibility index (Phi) is 2.76. The van der Waals surface area contributed by atoms with Crippen LogP contribution >= 0.6 is 0 Å². The normalized spacial score (nSPS) is 19.8. The second kappa shape index (κ2) is 4.10. The van der Waals surface area contributed by atoms with Crippen molar-refractivity contribution in [2.24, 2.45) is 5.73 Å². The maximum absolute atomic E-state index is 13.6. The predicted octanol–water partition coefficient (Wildman–Crippen LogP) is 0.798. The van der Waals surface area contributed by atoms with E-state index >= 15 is 0 Å². The number of nitrogens with two attached hydrogens (primary N) is 1. The van der Waals surface area contributed by atoms with Crippen LogP contribution in [0.15, 0.2) is 18.2 Å². The fraction of sp³-hybridized carbons (Fsp3) is 0.300. The first-order valence-electron chi connectivity index (χ1n) is 5.01. The van der Waals surface area contributed by atoms with E-state index < -0.39 is 16.8 Å². The smallest absolute Gasteiger partial charge is 0.272 e. The van der Waals surface area contributed by atoms with Crippen LogP contribution in [0.2, 0.25) is 0 Å². The lowest BCUT2D eigenvalue weighted by molar-refractivity contribution is -0.385. The van der Waals surface area contributed by atoms with Gasteiger partial charge in [-0.2, -0.15) is 0 Å². The highest BCUT2D eigenvalue weighted by Crippen LogP contribution is 2.27. The SMILES string of the molecule is N[C@H]1CCN(c2ccc([N+](=O)[O-])cc2F)C1=O. The molecular formula is C10H10FN3O3. The number of benzene rings is 1. The standard InChI is InChI=1S/C10H10FN3O3/c11-7-5-6(14(16)17)1-2-9(7)13-4-3-8(12)10(13)15/h1-2,5,8H,3-4,12H2/t8-/m0/s1. The first-order valence-corrected chi connectivity index (χ1v) is 5.01. The molecule has 0 spiro atoms. The van der Waals surface area contributed by atoms with Gasteiger partial charge >= 0.3 is 0 Å². The third kappa shape index (κ3) is 1.96. The fourth-order valence-electron chi connectivity index (χ4n) is 1.77. The van der Waals surface area contributed by atoms with E-state index in [-0.39, 0.29) is 17.3 Å². The summed E-state index contributed by atoms with van der Waals surface area (Å²) in [5.41, 5.74) is 5.20. The number of carbonyl (C=O) groups is 1. The zero-order valence-corrected chi connectivity index (χ0v) is 8.80. The summed E-state index contributed by atoms with van der Waals surface area (Å²) in [6.45, 7) is 0.328. The van der Waals surface area contributed by atoms with E-state index in [1.54, 1.807) is 0 Å². The van der Waals surface area contributed by atoms with E-state index in [1.807, 2.05) is 0 Å². The van der Waals surface area contributed by atoms with Crippen molar-refractivity contribution in [2.75, 3.05) is 11.4 Å². The third-order valence-electron chi connectivity index (χ3n) is 2.68. The second-order valence-electron chi connectivity index (χ2n) is 3.78. The van der Waals surface area contributed by atoms with Crippen molar-refractivity contribution in [2.45, 2.75) is 12.5 Å². The molecule has 0 bridgehead atoms. The van der Waals surface area contributed by atoms with E-state index in [2.05, 4.69) is 0 Å². The quantitative estimate of drug-likeness (QED) is 0.610. The van der Waals surface area contributed by atoms with Gasteiger partial charge in [0.25, 0.3) is 5.69 Å². The van der Waals surface area contributed by atoms with Crippen molar-refractivity contribution < 1.29 is 14.1 Å². The number of rotatable bonds is 2. The molecule has 1 aliphatic heterocycles. The molecule has 1 aliphatic rings. The Labute approximate surface area is 96.0 Å². The molecule has 0 saturated carbocycles. The van der Waals surface area contributed by atoms with Crippen molar-refractivity contribution >= 4 is 17.3 Å². The van der Waals surface area contributed by atoms with Crippen molar-refractivity contribution in [3.8, 4) is 0 Å².